The van der Waals surface area contributed by atoms with Crippen LogP contribution >= 0.6 is 24.0 Å². The van der Waals surface area contributed by atoms with Crippen molar-refractivity contribution in [3.05, 3.63) is 60.2 Å². The van der Waals surface area contributed by atoms with E-state index in [4.69, 9.17) is 22.2 Å². The van der Waals surface area contributed by atoms with Gasteiger partial charge in [0.2, 0.25) is 5.95 Å². The highest BCUT2D eigenvalue weighted by Crippen LogP contribution is 2.39. The maximum atomic E-state index is 13.6. The van der Waals surface area contributed by atoms with Gasteiger partial charge in [0.05, 0.1) is 0 Å². The Morgan fingerprint density at radius 2 is 1.84 bits per heavy atom. The molecule has 2 aromatic heterocycles. The van der Waals surface area contributed by atoms with Gasteiger partial charge in [-0.15, -0.1) is 0 Å². The van der Waals surface area contributed by atoms with Crippen LogP contribution in [0.1, 0.15) is 63.9 Å². The third-order valence-corrected chi connectivity index (χ3v) is 8.66. The SMILES string of the molecule is C[C@H]1CCCCN1c1cc(Sc2ncccn2)nc(NC(=S)NCC2(c3ccc(F)cc3)CCCCC2)n1. The van der Waals surface area contributed by atoms with Crippen LogP contribution in [-0.4, -0.2) is 44.2 Å². The lowest BCUT2D eigenvalue weighted by Crippen LogP contribution is -2.43. The third kappa shape index (κ3) is 6.58. The van der Waals surface area contributed by atoms with Crippen LogP contribution in [0.3, 0.4) is 0 Å². The smallest absolute Gasteiger partial charge is 0.232 e. The zero-order valence-corrected chi connectivity index (χ0v) is 23.3. The molecule has 1 aliphatic heterocycles. The molecule has 1 saturated heterocycles. The Kier molecular flexibility index (Phi) is 8.68. The van der Waals surface area contributed by atoms with Gasteiger partial charge >= 0.3 is 0 Å². The van der Waals surface area contributed by atoms with Gasteiger partial charge in [-0.3, -0.25) is 0 Å². The number of aromatic nitrogens is 4. The summed E-state index contributed by atoms with van der Waals surface area (Å²) in [5, 5.41) is 8.55. The van der Waals surface area contributed by atoms with Gasteiger partial charge in [0.25, 0.3) is 0 Å². The van der Waals surface area contributed by atoms with Crippen LogP contribution in [0.4, 0.5) is 16.2 Å². The van der Waals surface area contributed by atoms with Crippen LogP contribution in [0.2, 0.25) is 0 Å². The molecule has 1 saturated carbocycles. The number of piperidine rings is 1. The van der Waals surface area contributed by atoms with Gasteiger partial charge in [-0.2, -0.15) is 4.98 Å². The Morgan fingerprint density at radius 3 is 2.58 bits per heavy atom. The van der Waals surface area contributed by atoms with E-state index in [1.165, 1.54) is 24.6 Å². The molecule has 2 aliphatic rings. The normalized spacial score (nSPS) is 19.1. The molecule has 0 spiro atoms. The van der Waals surface area contributed by atoms with Gasteiger partial charge in [0.15, 0.2) is 10.3 Å². The van der Waals surface area contributed by atoms with Crippen LogP contribution < -0.4 is 15.5 Å². The minimum atomic E-state index is -0.209. The van der Waals surface area contributed by atoms with Gasteiger partial charge in [-0.1, -0.05) is 31.4 Å². The van der Waals surface area contributed by atoms with Gasteiger partial charge in [-0.05, 0) is 86.8 Å². The van der Waals surface area contributed by atoms with E-state index in [9.17, 15) is 4.39 Å². The fraction of sp³-hybridized carbons (Fsp3) is 0.464. The maximum Gasteiger partial charge on any atom is 0.232 e. The van der Waals surface area contributed by atoms with Crippen molar-refractivity contribution in [2.24, 2.45) is 0 Å². The number of nitrogens with one attached hydrogen (secondary N) is 2. The van der Waals surface area contributed by atoms with Gasteiger partial charge in [0.1, 0.15) is 16.7 Å². The quantitative estimate of drug-likeness (QED) is 0.205. The number of halogens is 1. The number of hydrogen-bond acceptors (Lipinski definition) is 7. The van der Waals surface area contributed by atoms with Crippen LogP contribution in [0, 0.1) is 5.82 Å². The molecule has 1 aliphatic carbocycles. The molecule has 0 unspecified atom stereocenters. The Morgan fingerprint density at radius 1 is 1.08 bits per heavy atom. The lowest BCUT2D eigenvalue weighted by Gasteiger charge is -2.38. The van der Waals surface area contributed by atoms with Crippen molar-refractivity contribution < 1.29 is 4.39 Å². The molecule has 2 fully saturated rings. The molecular weight excluding hydrogens is 517 g/mol. The second-order valence-electron chi connectivity index (χ2n) is 10.2. The third-order valence-electron chi connectivity index (χ3n) is 7.60. The molecule has 1 aromatic carbocycles. The van der Waals surface area contributed by atoms with E-state index in [0.29, 0.717) is 28.8 Å². The molecule has 3 aromatic rings. The van der Waals surface area contributed by atoms with E-state index in [-0.39, 0.29) is 11.2 Å². The molecule has 0 radical (unpaired) electrons. The first-order chi connectivity index (χ1) is 18.5. The van der Waals surface area contributed by atoms with E-state index in [1.54, 1.807) is 30.6 Å². The summed E-state index contributed by atoms with van der Waals surface area (Å²) in [4.78, 5) is 20.6. The van der Waals surface area contributed by atoms with Crippen LogP contribution in [0.15, 0.2) is 59.0 Å². The van der Waals surface area contributed by atoms with Crippen molar-refractivity contribution in [1.82, 2.24) is 25.3 Å². The molecule has 5 rings (SSSR count). The van der Waals surface area contributed by atoms with Gasteiger partial charge < -0.3 is 15.5 Å². The molecular formula is C28H34FN7S2. The Bertz CT molecular complexity index is 1220. The van der Waals surface area contributed by atoms with Gasteiger partial charge in [0, 0.05) is 43.0 Å². The Labute approximate surface area is 233 Å². The van der Waals surface area contributed by atoms with E-state index in [0.717, 1.165) is 61.5 Å². The highest BCUT2D eigenvalue weighted by molar-refractivity contribution is 7.99. The molecule has 3 heterocycles. The summed E-state index contributed by atoms with van der Waals surface area (Å²) in [6.45, 7) is 3.88. The molecule has 7 nitrogen and oxygen atoms in total. The van der Waals surface area contributed by atoms with E-state index in [2.05, 4.69) is 32.4 Å². The number of benzene rings is 1. The van der Waals surface area contributed by atoms with Crippen molar-refractivity contribution in [3.8, 4) is 0 Å². The minimum absolute atomic E-state index is 0.0741. The van der Waals surface area contributed by atoms with Crippen molar-refractivity contribution in [2.45, 2.75) is 79.9 Å². The van der Waals surface area contributed by atoms with Crippen molar-refractivity contribution in [1.29, 1.82) is 0 Å². The molecule has 2 N–H and O–H groups in total. The molecule has 0 amide bonds. The number of thiocarbonyl (C=S) groups is 1. The fourth-order valence-corrected chi connectivity index (χ4v) is 6.41. The number of hydrogen-bond donors (Lipinski definition) is 2. The molecule has 38 heavy (non-hydrogen) atoms. The van der Waals surface area contributed by atoms with Crippen LogP contribution in [0.25, 0.3) is 0 Å². The summed E-state index contributed by atoms with van der Waals surface area (Å²) in [7, 11) is 0. The minimum Gasteiger partial charge on any atom is -0.361 e. The van der Waals surface area contributed by atoms with Gasteiger partial charge in [-0.25, -0.2) is 19.3 Å². The second kappa shape index (κ2) is 12.3. The summed E-state index contributed by atoms with van der Waals surface area (Å²) in [6.07, 6.45) is 12.6. The lowest BCUT2D eigenvalue weighted by molar-refractivity contribution is 0.292. The average molecular weight is 552 g/mol. The van der Waals surface area contributed by atoms with Crippen molar-refractivity contribution in [2.75, 3.05) is 23.3 Å². The molecule has 10 heteroatoms. The maximum absolute atomic E-state index is 13.6. The summed E-state index contributed by atoms with van der Waals surface area (Å²) >= 11 is 7.12. The monoisotopic (exact) mass is 551 g/mol. The summed E-state index contributed by atoms with van der Waals surface area (Å²) in [5.41, 5.74) is 1.09. The highest BCUT2D eigenvalue weighted by atomic mass is 32.2. The van der Waals surface area contributed by atoms with E-state index >= 15 is 0 Å². The Hall–Kier alpha value is -2.85. The molecule has 200 valence electrons. The predicted molar refractivity (Wildman–Crippen MR) is 154 cm³/mol. The van der Waals surface area contributed by atoms with Crippen LogP contribution in [0.5, 0.6) is 0 Å². The molecule has 0 bridgehead atoms. The average Bonchev–Trinajstić information content (AvgIpc) is 2.93. The predicted octanol–water partition coefficient (Wildman–Crippen LogP) is 6.12. The number of rotatable bonds is 7. The van der Waals surface area contributed by atoms with Crippen molar-refractivity contribution in [3.63, 3.8) is 0 Å². The van der Waals surface area contributed by atoms with Crippen molar-refractivity contribution >= 4 is 40.9 Å². The first kappa shape index (κ1) is 26.7. The first-order valence-electron chi connectivity index (χ1n) is 13.4. The summed E-state index contributed by atoms with van der Waals surface area (Å²) in [6, 6.07) is 11.2. The highest BCUT2D eigenvalue weighted by Gasteiger charge is 2.34. The number of anilines is 2. The standard InChI is InChI=1S/C28H34FN7S2/c1-20-8-3-6-17-36(20)23-18-24(38-27-30-15-7-16-31-27)34-25(33-23)35-26(37)32-19-28(13-4-2-5-14-28)21-9-11-22(29)12-10-21/h7,9-12,15-16,18,20H,2-6,8,13-14,17,19H2,1H3,(H2,32,33,34,35,37)/t20-/m0/s1. The number of nitrogens with zero attached hydrogens (tertiary/aromatic N) is 5. The van der Waals surface area contributed by atoms with Crippen LogP contribution in [-0.2, 0) is 5.41 Å². The van der Waals surface area contributed by atoms with E-state index < -0.39 is 0 Å². The zero-order valence-electron chi connectivity index (χ0n) is 21.7. The second-order valence-corrected chi connectivity index (χ2v) is 11.6. The lowest BCUT2D eigenvalue weighted by atomic mass is 9.69. The van der Waals surface area contributed by atoms with E-state index in [1.807, 2.05) is 18.2 Å². The summed E-state index contributed by atoms with van der Waals surface area (Å²) in [5.74, 6) is 1.13. The topological polar surface area (TPSA) is 78.9 Å². The largest absolute Gasteiger partial charge is 0.361 e. The molecule has 1 atom stereocenters. The first-order valence-corrected chi connectivity index (χ1v) is 14.6. The Balaban J connectivity index is 1.33. The summed E-state index contributed by atoms with van der Waals surface area (Å²) < 4.78 is 13.6. The zero-order chi connectivity index (χ0) is 26.4. The fourth-order valence-electron chi connectivity index (χ4n) is 5.53.